The van der Waals surface area contributed by atoms with Crippen LogP contribution in [0.3, 0.4) is 0 Å². The van der Waals surface area contributed by atoms with E-state index in [1.165, 1.54) is 29.0 Å². The standard InChI is InChI=1S/C19H26N2OS/c1-19(2,22)10-9-15-5-7-16(8-6-15)14-21-12-3-4-17(21)18-20-11-13-23-18/h5-8,11,13,17,22H,3-4,9-10,12,14H2,1-2H3. The second-order valence-electron chi connectivity index (χ2n) is 7.13. The van der Waals surface area contributed by atoms with E-state index < -0.39 is 5.60 Å². The second kappa shape index (κ2) is 7.12. The highest BCUT2D eigenvalue weighted by atomic mass is 32.1. The highest BCUT2D eigenvalue weighted by Gasteiger charge is 2.27. The van der Waals surface area contributed by atoms with Crippen LogP contribution < -0.4 is 0 Å². The minimum atomic E-state index is -0.588. The topological polar surface area (TPSA) is 36.4 Å². The molecule has 1 aromatic carbocycles. The van der Waals surface area contributed by atoms with Gasteiger partial charge in [0.2, 0.25) is 0 Å². The van der Waals surface area contributed by atoms with Gasteiger partial charge >= 0.3 is 0 Å². The number of thiazole rings is 1. The molecular weight excluding hydrogens is 304 g/mol. The van der Waals surface area contributed by atoms with E-state index in [1.54, 1.807) is 11.3 Å². The Kier molecular flexibility index (Phi) is 5.14. The van der Waals surface area contributed by atoms with Crippen molar-refractivity contribution in [2.24, 2.45) is 0 Å². The number of likely N-dealkylation sites (tertiary alicyclic amines) is 1. The Hall–Kier alpha value is -1.23. The molecule has 23 heavy (non-hydrogen) atoms. The average molecular weight is 330 g/mol. The molecule has 1 aliphatic heterocycles. The quantitative estimate of drug-likeness (QED) is 0.863. The maximum atomic E-state index is 9.83. The monoisotopic (exact) mass is 330 g/mol. The summed E-state index contributed by atoms with van der Waals surface area (Å²) in [4.78, 5) is 7.05. The van der Waals surface area contributed by atoms with Gasteiger partial charge in [-0.15, -0.1) is 11.3 Å². The Labute approximate surface area is 143 Å². The molecule has 1 fully saturated rings. The molecule has 0 spiro atoms. The van der Waals surface area contributed by atoms with E-state index in [0.29, 0.717) is 6.04 Å². The van der Waals surface area contributed by atoms with Gasteiger partial charge in [0, 0.05) is 18.1 Å². The number of aliphatic hydroxyl groups is 1. The van der Waals surface area contributed by atoms with Crippen LogP contribution in [-0.4, -0.2) is 27.1 Å². The van der Waals surface area contributed by atoms with Crippen molar-refractivity contribution in [2.75, 3.05) is 6.54 Å². The third kappa shape index (κ3) is 4.63. The lowest BCUT2D eigenvalue weighted by atomic mass is 9.98. The first-order chi connectivity index (χ1) is 11.0. The van der Waals surface area contributed by atoms with E-state index in [2.05, 4.69) is 39.5 Å². The van der Waals surface area contributed by atoms with Crippen molar-refractivity contribution in [1.29, 1.82) is 0 Å². The number of hydrogen-bond donors (Lipinski definition) is 1. The maximum Gasteiger partial charge on any atom is 0.110 e. The molecule has 0 amide bonds. The normalized spacial score (nSPS) is 19.3. The predicted octanol–water partition coefficient (Wildman–Crippen LogP) is 4.18. The van der Waals surface area contributed by atoms with Gasteiger partial charge in [-0.1, -0.05) is 24.3 Å². The Balaban J connectivity index is 1.59. The third-order valence-electron chi connectivity index (χ3n) is 4.53. The molecule has 3 nitrogen and oxygen atoms in total. The summed E-state index contributed by atoms with van der Waals surface area (Å²) in [5, 5.41) is 13.2. The SMILES string of the molecule is CC(C)(O)CCc1ccc(CN2CCCC2c2nccs2)cc1. The minimum Gasteiger partial charge on any atom is -0.390 e. The number of aromatic nitrogens is 1. The Morgan fingerprint density at radius 1 is 1.26 bits per heavy atom. The minimum absolute atomic E-state index is 0.491. The molecule has 0 aliphatic carbocycles. The van der Waals surface area contributed by atoms with Crippen LogP contribution in [0.1, 0.15) is 55.3 Å². The molecule has 0 radical (unpaired) electrons. The van der Waals surface area contributed by atoms with E-state index in [-0.39, 0.29) is 0 Å². The van der Waals surface area contributed by atoms with Crippen molar-refractivity contribution < 1.29 is 5.11 Å². The van der Waals surface area contributed by atoms with Gasteiger partial charge in [-0.05, 0) is 57.2 Å². The summed E-state index contributed by atoms with van der Waals surface area (Å²) in [7, 11) is 0. The fourth-order valence-electron chi connectivity index (χ4n) is 3.19. The van der Waals surface area contributed by atoms with Crippen LogP contribution >= 0.6 is 11.3 Å². The smallest absolute Gasteiger partial charge is 0.110 e. The number of nitrogens with zero attached hydrogens (tertiary/aromatic N) is 2. The molecule has 2 aromatic rings. The van der Waals surface area contributed by atoms with Crippen LogP contribution in [0.15, 0.2) is 35.8 Å². The van der Waals surface area contributed by atoms with Gasteiger partial charge in [0.1, 0.15) is 5.01 Å². The molecule has 1 unspecified atom stereocenters. The molecule has 3 rings (SSSR count). The summed E-state index contributed by atoms with van der Waals surface area (Å²) in [6.45, 7) is 5.89. The highest BCUT2D eigenvalue weighted by molar-refractivity contribution is 7.09. The second-order valence-corrected chi connectivity index (χ2v) is 8.05. The van der Waals surface area contributed by atoms with Crippen molar-refractivity contribution in [1.82, 2.24) is 9.88 Å². The fraction of sp³-hybridized carbons (Fsp3) is 0.526. The van der Waals surface area contributed by atoms with E-state index in [9.17, 15) is 5.11 Å². The summed E-state index contributed by atoms with van der Waals surface area (Å²) < 4.78 is 0. The maximum absolute atomic E-state index is 9.83. The average Bonchev–Trinajstić information content (AvgIpc) is 3.16. The summed E-state index contributed by atoms with van der Waals surface area (Å²) in [5.74, 6) is 0. The lowest BCUT2D eigenvalue weighted by Gasteiger charge is -2.23. The highest BCUT2D eigenvalue weighted by Crippen LogP contribution is 2.34. The van der Waals surface area contributed by atoms with E-state index >= 15 is 0 Å². The first kappa shape index (κ1) is 16.6. The summed E-state index contributed by atoms with van der Waals surface area (Å²) in [6.07, 6.45) is 6.11. The predicted molar refractivity (Wildman–Crippen MR) is 95.6 cm³/mol. The zero-order valence-electron chi connectivity index (χ0n) is 14.0. The molecule has 0 saturated carbocycles. The molecular formula is C19H26N2OS. The van der Waals surface area contributed by atoms with E-state index in [4.69, 9.17) is 0 Å². The van der Waals surface area contributed by atoms with Crippen molar-refractivity contribution >= 4 is 11.3 Å². The zero-order chi connectivity index (χ0) is 16.3. The molecule has 2 heterocycles. The molecule has 4 heteroatoms. The molecule has 1 aromatic heterocycles. The lowest BCUT2D eigenvalue weighted by Crippen LogP contribution is -2.22. The van der Waals surface area contributed by atoms with Crippen LogP contribution in [-0.2, 0) is 13.0 Å². The third-order valence-corrected chi connectivity index (χ3v) is 5.41. The van der Waals surface area contributed by atoms with Gasteiger partial charge < -0.3 is 5.11 Å². The molecule has 1 atom stereocenters. The number of aryl methyl sites for hydroxylation is 1. The molecule has 0 bridgehead atoms. The van der Waals surface area contributed by atoms with Crippen molar-refractivity contribution in [3.8, 4) is 0 Å². The van der Waals surface area contributed by atoms with Crippen LogP contribution in [0.25, 0.3) is 0 Å². The van der Waals surface area contributed by atoms with Crippen LogP contribution in [0, 0.1) is 0 Å². The van der Waals surface area contributed by atoms with E-state index in [0.717, 1.165) is 25.9 Å². The number of benzene rings is 1. The zero-order valence-corrected chi connectivity index (χ0v) is 14.9. The Morgan fingerprint density at radius 2 is 2.00 bits per heavy atom. The van der Waals surface area contributed by atoms with Gasteiger partial charge in [-0.3, -0.25) is 4.90 Å². The number of rotatable bonds is 6. The molecule has 1 N–H and O–H groups in total. The summed E-state index contributed by atoms with van der Waals surface area (Å²) in [6, 6.07) is 9.36. The molecule has 124 valence electrons. The van der Waals surface area contributed by atoms with Crippen LogP contribution in [0.5, 0.6) is 0 Å². The van der Waals surface area contributed by atoms with Gasteiger partial charge in [0.05, 0.1) is 11.6 Å². The first-order valence-electron chi connectivity index (χ1n) is 8.45. The molecule has 1 aliphatic rings. The fourth-order valence-corrected chi connectivity index (χ4v) is 4.00. The van der Waals surface area contributed by atoms with Gasteiger partial charge in [0.25, 0.3) is 0 Å². The van der Waals surface area contributed by atoms with Gasteiger partial charge in [0.15, 0.2) is 0 Å². The first-order valence-corrected chi connectivity index (χ1v) is 9.33. The Morgan fingerprint density at radius 3 is 2.65 bits per heavy atom. The Bertz CT molecular complexity index is 601. The molecule has 1 saturated heterocycles. The van der Waals surface area contributed by atoms with Crippen molar-refractivity contribution in [3.63, 3.8) is 0 Å². The summed E-state index contributed by atoms with van der Waals surface area (Å²) in [5.41, 5.74) is 2.07. The van der Waals surface area contributed by atoms with Crippen LogP contribution in [0.2, 0.25) is 0 Å². The number of hydrogen-bond acceptors (Lipinski definition) is 4. The largest absolute Gasteiger partial charge is 0.390 e. The van der Waals surface area contributed by atoms with Crippen molar-refractivity contribution in [2.45, 2.75) is 57.7 Å². The van der Waals surface area contributed by atoms with Gasteiger partial charge in [-0.25, -0.2) is 4.98 Å². The summed E-state index contributed by atoms with van der Waals surface area (Å²) >= 11 is 1.77. The van der Waals surface area contributed by atoms with Crippen molar-refractivity contribution in [3.05, 3.63) is 52.0 Å². The van der Waals surface area contributed by atoms with Gasteiger partial charge in [-0.2, -0.15) is 0 Å². The van der Waals surface area contributed by atoms with E-state index in [1.807, 2.05) is 20.0 Å². The van der Waals surface area contributed by atoms with Crippen LogP contribution in [0.4, 0.5) is 0 Å². The lowest BCUT2D eigenvalue weighted by molar-refractivity contribution is 0.0714.